The zero-order chi connectivity index (χ0) is 27.2. The van der Waals surface area contributed by atoms with Crippen LogP contribution in [0, 0.1) is 5.92 Å². The van der Waals surface area contributed by atoms with E-state index in [1.54, 1.807) is 11.1 Å². The normalized spacial score (nSPS) is 15.8. The molecule has 1 aliphatic rings. The lowest BCUT2D eigenvalue weighted by atomic mass is 9.85. The molecule has 204 valence electrons. The van der Waals surface area contributed by atoms with Crippen LogP contribution in [0.25, 0.3) is 0 Å². The summed E-state index contributed by atoms with van der Waals surface area (Å²) in [6.07, 6.45) is 28.3. The van der Waals surface area contributed by atoms with E-state index in [0.717, 1.165) is 18.8 Å². The molecule has 0 saturated heterocycles. The summed E-state index contributed by atoms with van der Waals surface area (Å²) in [4.78, 5) is 8.95. The molecule has 0 N–H and O–H groups in total. The average molecular weight is 497 g/mol. The first-order chi connectivity index (χ1) is 17.2. The number of methoxy groups -OCH3 is 1. The zero-order valence-electron chi connectivity index (χ0n) is 24.8. The molecule has 0 aromatic heterocycles. The largest absolute Gasteiger partial charge is 0.471 e. The molecule has 0 radical (unpaired) electrons. The minimum Gasteiger partial charge on any atom is -0.471 e. The van der Waals surface area contributed by atoms with E-state index in [9.17, 15) is 0 Å². The molecule has 0 saturated carbocycles. The Labute approximate surface area is 224 Å². The first kappa shape index (κ1) is 33.9. The molecule has 36 heavy (non-hydrogen) atoms. The number of hydrogen-bond acceptors (Lipinski definition) is 2. The summed E-state index contributed by atoms with van der Waals surface area (Å²) in [5.74, 6) is 0.777. The average Bonchev–Trinajstić information content (AvgIpc) is 2.82. The van der Waals surface area contributed by atoms with E-state index in [1.165, 1.54) is 100 Å². The fourth-order valence-electron chi connectivity index (χ4n) is 4.45. The third-order valence-electron chi connectivity index (χ3n) is 6.64. The first-order valence-electron chi connectivity index (χ1n) is 14.1. The minimum absolute atomic E-state index is 0.375. The van der Waals surface area contributed by atoms with Gasteiger partial charge in [0.15, 0.2) is 0 Å². The third-order valence-corrected chi connectivity index (χ3v) is 6.64. The van der Waals surface area contributed by atoms with Gasteiger partial charge in [0.2, 0.25) is 0 Å². The van der Waals surface area contributed by atoms with E-state index in [2.05, 4.69) is 83.2 Å². The monoisotopic (exact) mass is 496 g/mol. The van der Waals surface area contributed by atoms with Crippen molar-refractivity contribution in [3.63, 3.8) is 0 Å². The van der Waals surface area contributed by atoms with Crippen molar-refractivity contribution in [3.8, 4) is 0 Å². The van der Waals surface area contributed by atoms with Gasteiger partial charge < -0.3 is 4.74 Å². The van der Waals surface area contributed by atoms with Crippen molar-refractivity contribution in [2.75, 3.05) is 7.11 Å². The van der Waals surface area contributed by atoms with Crippen LogP contribution >= 0.6 is 0 Å². The molecule has 0 fully saturated rings. The van der Waals surface area contributed by atoms with Crippen LogP contribution in [0.1, 0.15) is 125 Å². The van der Waals surface area contributed by atoms with Crippen molar-refractivity contribution < 1.29 is 9.53 Å². The second-order valence-corrected chi connectivity index (χ2v) is 10.9. The topological polar surface area (TPSA) is 26.3 Å². The van der Waals surface area contributed by atoms with Crippen molar-refractivity contribution in [3.05, 3.63) is 70.4 Å². The van der Waals surface area contributed by atoms with Crippen LogP contribution in [0.15, 0.2) is 70.4 Å². The van der Waals surface area contributed by atoms with Gasteiger partial charge in [-0.1, -0.05) is 70.4 Å². The van der Waals surface area contributed by atoms with Crippen LogP contribution in [0.5, 0.6) is 0 Å². The van der Waals surface area contributed by atoms with Crippen LogP contribution in [-0.4, -0.2) is 13.6 Å². The van der Waals surface area contributed by atoms with Gasteiger partial charge in [-0.3, -0.25) is 4.79 Å². The Morgan fingerprint density at radius 2 is 1.39 bits per heavy atom. The van der Waals surface area contributed by atoms with Crippen LogP contribution in [-0.2, 0) is 9.53 Å². The molecule has 0 aromatic carbocycles. The predicted octanol–water partition coefficient (Wildman–Crippen LogP) is 10.8. The molecule has 1 atom stereocenters. The molecule has 1 rings (SSSR count). The van der Waals surface area contributed by atoms with Gasteiger partial charge in [0, 0.05) is 0 Å². The smallest absolute Gasteiger partial charge is 0.292 e. The summed E-state index contributed by atoms with van der Waals surface area (Å²) in [5, 5.41) is 0. The number of ether oxygens (including phenoxy) is 1. The molecule has 0 amide bonds. The molecule has 0 aromatic rings. The number of carbonyl (C=O) groups excluding carboxylic acids is 1. The lowest BCUT2D eigenvalue weighted by Gasteiger charge is -2.21. The molecular weight excluding hydrogens is 440 g/mol. The summed E-state index contributed by atoms with van der Waals surface area (Å²) in [7, 11) is 1.31. The second-order valence-electron chi connectivity index (χ2n) is 10.9. The molecule has 0 spiro atoms. The van der Waals surface area contributed by atoms with Crippen molar-refractivity contribution in [2.45, 2.75) is 125 Å². The van der Waals surface area contributed by atoms with Crippen LogP contribution in [0.4, 0.5) is 0 Å². The van der Waals surface area contributed by atoms with Gasteiger partial charge in [-0.05, 0) is 131 Å². The molecule has 2 heteroatoms. The van der Waals surface area contributed by atoms with Gasteiger partial charge in [0.1, 0.15) is 0 Å². The standard InChI is InChI=1S/C32H52.C2H4O2/c1-26(2)13-8-15-28(5)17-10-18-30(7)23-24-32-22-12-21-31(25-32)20-11-19-29(6)16-9-14-27(3)4;1-4-2-3/h13-14,17,19,25,32H,7-12,15-16,18,20-24H2,1-6H3;2H,1H3/b28-17+,29-19+;/t32-;/m0./s1. The molecule has 2 nitrogen and oxygen atoms in total. The van der Waals surface area contributed by atoms with Gasteiger partial charge in [-0.15, -0.1) is 0 Å². The Morgan fingerprint density at radius 1 is 0.861 bits per heavy atom. The predicted molar refractivity (Wildman–Crippen MR) is 160 cm³/mol. The maximum absolute atomic E-state index is 8.95. The van der Waals surface area contributed by atoms with Crippen LogP contribution in [0.2, 0.25) is 0 Å². The summed E-state index contributed by atoms with van der Waals surface area (Å²) >= 11 is 0. The van der Waals surface area contributed by atoms with E-state index in [-0.39, 0.29) is 0 Å². The molecular formula is C34H56O2. The van der Waals surface area contributed by atoms with Gasteiger partial charge >= 0.3 is 0 Å². The lowest BCUT2D eigenvalue weighted by molar-refractivity contribution is -0.126. The van der Waals surface area contributed by atoms with Crippen molar-refractivity contribution in [1.29, 1.82) is 0 Å². The molecule has 0 heterocycles. The SMILES string of the molecule is C=C(CC/C=C(\C)CCC=C(C)C)CC[C@H]1C=C(CC/C=C(\C)CCC=C(C)C)CCC1.COC=O. The first-order valence-corrected chi connectivity index (χ1v) is 14.1. The van der Waals surface area contributed by atoms with Gasteiger partial charge in [-0.25, -0.2) is 0 Å². The quantitative estimate of drug-likeness (QED) is 0.157. The minimum atomic E-state index is 0.375. The van der Waals surface area contributed by atoms with E-state index < -0.39 is 0 Å². The molecule has 1 aliphatic carbocycles. The van der Waals surface area contributed by atoms with Gasteiger partial charge in [0.25, 0.3) is 6.47 Å². The fourth-order valence-corrected chi connectivity index (χ4v) is 4.45. The lowest BCUT2D eigenvalue weighted by Crippen LogP contribution is -2.05. The summed E-state index contributed by atoms with van der Waals surface area (Å²) in [5.41, 5.74) is 9.07. The number of rotatable bonds is 16. The highest BCUT2D eigenvalue weighted by Crippen LogP contribution is 2.30. The third kappa shape index (κ3) is 21.2. The molecule has 0 unspecified atom stereocenters. The van der Waals surface area contributed by atoms with Gasteiger partial charge in [-0.2, -0.15) is 0 Å². The Hall–Kier alpha value is -2.09. The highest BCUT2D eigenvalue weighted by Gasteiger charge is 2.13. The number of allylic oxidation sites excluding steroid dienone is 11. The Kier molecular flexibility index (Phi) is 20.8. The Balaban J connectivity index is 0.00000283. The number of hydrogen-bond donors (Lipinski definition) is 0. The van der Waals surface area contributed by atoms with Crippen LogP contribution in [0.3, 0.4) is 0 Å². The van der Waals surface area contributed by atoms with E-state index in [1.807, 2.05) is 0 Å². The fraction of sp³-hybridized carbons (Fsp3) is 0.618. The summed E-state index contributed by atoms with van der Waals surface area (Å²) in [6, 6.07) is 0. The number of carbonyl (C=O) groups is 1. The van der Waals surface area contributed by atoms with E-state index in [0.29, 0.717) is 6.47 Å². The van der Waals surface area contributed by atoms with Crippen LogP contribution < -0.4 is 0 Å². The Bertz CT molecular complexity index is 765. The summed E-state index contributed by atoms with van der Waals surface area (Å²) < 4.78 is 3.86. The van der Waals surface area contributed by atoms with Crippen molar-refractivity contribution >= 4 is 6.47 Å². The zero-order valence-corrected chi connectivity index (χ0v) is 24.8. The maximum atomic E-state index is 8.95. The van der Waals surface area contributed by atoms with E-state index in [4.69, 9.17) is 4.79 Å². The summed E-state index contributed by atoms with van der Waals surface area (Å²) in [6.45, 7) is 18.1. The molecule has 0 aliphatic heterocycles. The highest BCUT2D eigenvalue weighted by molar-refractivity contribution is 5.36. The van der Waals surface area contributed by atoms with Crippen molar-refractivity contribution in [2.24, 2.45) is 5.92 Å². The second kappa shape index (κ2) is 22.1. The van der Waals surface area contributed by atoms with Gasteiger partial charge in [0.05, 0.1) is 7.11 Å². The molecule has 0 bridgehead atoms. The maximum Gasteiger partial charge on any atom is 0.292 e. The van der Waals surface area contributed by atoms with E-state index >= 15 is 0 Å². The van der Waals surface area contributed by atoms with Crippen molar-refractivity contribution in [1.82, 2.24) is 0 Å². The highest BCUT2D eigenvalue weighted by atomic mass is 16.5. The Morgan fingerprint density at radius 3 is 1.92 bits per heavy atom.